The van der Waals surface area contributed by atoms with Crippen LogP contribution in [0, 0.1) is 17.8 Å². The molecule has 29 heavy (non-hydrogen) atoms. The largest absolute Gasteiger partial charge is 0.481 e. The summed E-state index contributed by atoms with van der Waals surface area (Å²) in [7, 11) is 0. The Morgan fingerprint density at radius 3 is 2.10 bits per heavy atom. The van der Waals surface area contributed by atoms with Crippen molar-refractivity contribution in [2.45, 2.75) is 89.9 Å². The fourth-order valence-corrected chi connectivity index (χ4v) is 5.05. The fourth-order valence-electron chi connectivity index (χ4n) is 5.05. The van der Waals surface area contributed by atoms with E-state index in [9.17, 15) is 9.59 Å². The smallest absolute Gasteiger partial charge is 0.314 e. The summed E-state index contributed by atoms with van der Waals surface area (Å²) < 4.78 is 5.58. The van der Waals surface area contributed by atoms with Crippen LogP contribution in [0.4, 0.5) is 0 Å². The summed E-state index contributed by atoms with van der Waals surface area (Å²) in [6.45, 7) is 2.27. The molecule has 4 heteroatoms. The molecule has 0 bridgehead atoms. The molecule has 0 spiro atoms. The molecule has 0 saturated heterocycles. The summed E-state index contributed by atoms with van der Waals surface area (Å²) in [6.07, 6.45) is 13.0. The third-order valence-corrected chi connectivity index (χ3v) is 7.04. The Hall–Kier alpha value is -1.84. The second-order valence-corrected chi connectivity index (χ2v) is 9.09. The van der Waals surface area contributed by atoms with Gasteiger partial charge in [-0.25, -0.2) is 0 Å². The summed E-state index contributed by atoms with van der Waals surface area (Å²) >= 11 is 0. The first-order valence-corrected chi connectivity index (χ1v) is 11.6. The zero-order valence-electron chi connectivity index (χ0n) is 17.8. The van der Waals surface area contributed by atoms with Gasteiger partial charge in [0, 0.05) is 0 Å². The van der Waals surface area contributed by atoms with Gasteiger partial charge in [-0.3, -0.25) is 9.59 Å². The van der Waals surface area contributed by atoms with Crippen molar-refractivity contribution in [3.05, 3.63) is 29.8 Å². The summed E-state index contributed by atoms with van der Waals surface area (Å²) in [5, 5.41) is 9.08. The number of hydrogen-bond donors (Lipinski definition) is 1. The lowest BCUT2D eigenvalue weighted by Gasteiger charge is -2.29. The first-order valence-electron chi connectivity index (χ1n) is 11.6. The Labute approximate surface area is 175 Å². The topological polar surface area (TPSA) is 63.6 Å². The highest BCUT2D eigenvalue weighted by Crippen LogP contribution is 2.38. The van der Waals surface area contributed by atoms with E-state index in [0.717, 1.165) is 5.92 Å². The van der Waals surface area contributed by atoms with Gasteiger partial charge in [-0.2, -0.15) is 0 Å². The maximum absolute atomic E-state index is 12.4. The van der Waals surface area contributed by atoms with E-state index in [1.54, 1.807) is 0 Å². The zero-order valence-corrected chi connectivity index (χ0v) is 17.8. The van der Waals surface area contributed by atoms with Crippen LogP contribution < -0.4 is 4.74 Å². The van der Waals surface area contributed by atoms with E-state index in [2.05, 4.69) is 19.1 Å². The van der Waals surface area contributed by atoms with E-state index < -0.39 is 5.97 Å². The molecular weight excluding hydrogens is 364 g/mol. The standard InChI is InChI=1S/C25H36O4/c1-2-3-4-5-18-6-8-19(9-7-18)20-14-16-23(17-15-20)29-25(28)22-12-10-21(11-13-22)24(26)27/h14-19,21-22H,2-13H2,1H3,(H,26,27)/t18-,19-,21-,22-. The predicted molar refractivity (Wildman–Crippen MR) is 114 cm³/mol. The van der Waals surface area contributed by atoms with Gasteiger partial charge in [-0.15, -0.1) is 0 Å². The number of rotatable bonds is 8. The first kappa shape index (κ1) is 21.9. The SMILES string of the molecule is CCCCC[C@H]1CC[C@H](c2ccc(OC(=O)[C@H]3CC[C@H](C(=O)O)CC3)cc2)CC1. The molecule has 0 atom stereocenters. The molecule has 4 nitrogen and oxygen atoms in total. The molecule has 160 valence electrons. The average molecular weight is 401 g/mol. The summed E-state index contributed by atoms with van der Waals surface area (Å²) in [4.78, 5) is 23.5. The maximum Gasteiger partial charge on any atom is 0.314 e. The van der Waals surface area contributed by atoms with E-state index in [4.69, 9.17) is 9.84 Å². The minimum absolute atomic E-state index is 0.173. The lowest BCUT2D eigenvalue weighted by atomic mass is 9.77. The third-order valence-electron chi connectivity index (χ3n) is 7.04. The molecule has 2 fully saturated rings. The molecule has 0 aromatic heterocycles. The number of carbonyl (C=O) groups excluding carboxylic acids is 1. The maximum atomic E-state index is 12.4. The molecule has 0 heterocycles. The zero-order chi connectivity index (χ0) is 20.6. The van der Waals surface area contributed by atoms with Gasteiger partial charge in [0.15, 0.2) is 0 Å². The molecule has 2 saturated carbocycles. The van der Waals surface area contributed by atoms with E-state index in [1.165, 1.54) is 56.9 Å². The number of esters is 1. The molecule has 0 unspecified atom stereocenters. The van der Waals surface area contributed by atoms with Crippen molar-refractivity contribution in [2.75, 3.05) is 0 Å². The minimum Gasteiger partial charge on any atom is -0.481 e. The quantitative estimate of drug-likeness (QED) is 0.314. The fraction of sp³-hybridized carbons (Fsp3) is 0.680. The molecule has 3 rings (SSSR count). The van der Waals surface area contributed by atoms with Crippen LogP contribution >= 0.6 is 0 Å². The molecule has 1 aromatic carbocycles. The highest BCUT2D eigenvalue weighted by Gasteiger charge is 2.31. The number of aliphatic carboxylic acids is 1. The lowest BCUT2D eigenvalue weighted by Crippen LogP contribution is -2.28. The van der Waals surface area contributed by atoms with Crippen molar-refractivity contribution >= 4 is 11.9 Å². The third kappa shape index (κ3) is 6.32. The summed E-state index contributed by atoms with van der Waals surface area (Å²) in [6, 6.07) is 8.07. The van der Waals surface area contributed by atoms with Crippen LogP contribution in [0.3, 0.4) is 0 Å². The van der Waals surface area contributed by atoms with Gasteiger partial charge in [-0.05, 0) is 80.9 Å². The van der Waals surface area contributed by atoms with Crippen LogP contribution in [0.25, 0.3) is 0 Å². The number of ether oxygens (including phenoxy) is 1. The van der Waals surface area contributed by atoms with Crippen LogP contribution in [0.15, 0.2) is 24.3 Å². The predicted octanol–water partition coefficient (Wildman–Crippen LogP) is 6.34. The van der Waals surface area contributed by atoms with Crippen molar-refractivity contribution < 1.29 is 19.4 Å². The minimum atomic E-state index is -0.748. The molecule has 1 N–H and O–H groups in total. The van der Waals surface area contributed by atoms with Crippen molar-refractivity contribution in [3.8, 4) is 5.75 Å². The summed E-state index contributed by atoms with van der Waals surface area (Å²) in [5.74, 6) is 0.708. The molecule has 0 aliphatic heterocycles. The number of carboxylic acid groups (broad SMARTS) is 1. The van der Waals surface area contributed by atoms with Gasteiger partial charge < -0.3 is 9.84 Å². The molecule has 0 amide bonds. The van der Waals surface area contributed by atoms with Gasteiger partial charge in [0.25, 0.3) is 0 Å². The number of unbranched alkanes of at least 4 members (excludes halogenated alkanes) is 2. The number of carbonyl (C=O) groups is 2. The highest BCUT2D eigenvalue weighted by atomic mass is 16.5. The number of hydrogen-bond acceptors (Lipinski definition) is 3. The summed E-state index contributed by atoms with van der Waals surface area (Å²) in [5.41, 5.74) is 1.36. The molecule has 2 aliphatic carbocycles. The molecular formula is C25H36O4. The van der Waals surface area contributed by atoms with Crippen LogP contribution in [0.2, 0.25) is 0 Å². The van der Waals surface area contributed by atoms with Crippen molar-refractivity contribution in [3.63, 3.8) is 0 Å². The van der Waals surface area contributed by atoms with Gasteiger partial charge >= 0.3 is 11.9 Å². The monoisotopic (exact) mass is 400 g/mol. The molecule has 0 radical (unpaired) electrons. The van der Waals surface area contributed by atoms with Crippen molar-refractivity contribution in [1.29, 1.82) is 0 Å². The van der Waals surface area contributed by atoms with Crippen LogP contribution in [0.5, 0.6) is 5.75 Å². The molecule has 2 aliphatic rings. The Balaban J connectivity index is 1.43. The van der Waals surface area contributed by atoms with Crippen LogP contribution in [0.1, 0.15) is 95.5 Å². The number of benzene rings is 1. The van der Waals surface area contributed by atoms with E-state index in [1.807, 2.05) is 12.1 Å². The second-order valence-electron chi connectivity index (χ2n) is 9.09. The number of carboxylic acids is 1. The Morgan fingerprint density at radius 1 is 0.897 bits per heavy atom. The van der Waals surface area contributed by atoms with E-state index in [0.29, 0.717) is 37.4 Å². The normalized spacial score (nSPS) is 27.3. The Kier molecular flexibility index (Phi) is 8.14. The van der Waals surface area contributed by atoms with Crippen LogP contribution in [-0.4, -0.2) is 17.0 Å². The Morgan fingerprint density at radius 2 is 1.52 bits per heavy atom. The van der Waals surface area contributed by atoms with Gasteiger partial charge in [0.2, 0.25) is 0 Å². The molecule has 1 aromatic rings. The first-order chi connectivity index (χ1) is 14.1. The van der Waals surface area contributed by atoms with E-state index >= 15 is 0 Å². The second kappa shape index (κ2) is 10.8. The highest BCUT2D eigenvalue weighted by molar-refractivity contribution is 5.76. The van der Waals surface area contributed by atoms with Gasteiger partial charge in [0.1, 0.15) is 5.75 Å². The van der Waals surface area contributed by atoms with Gasteiger partial charge in [0.05, 0.1) is 11.8 Å². The van der Waals surface area contributed by atoms with Gasteiger partial charge in [-0.1, -0.05) is 44.7 Å². The van der Waals surface area contributed by atoms with E-state index in [-0.39, 0.29) is 17.8 Å². The average Bonchev–Trinajstić information content (AvgIpc) is 2.75. The van der Waals surface area contributed by atoms with Crippen LogP contribution in [-0.2, 0) is 9.59 Å². The van der Waals surface area contributed by atoms with Crippen molar-refractivity contribution in [2.24, 2.45) is 17.8 Å². The Bertz CT molecular complexity index is 650. The lowest BCUT2D eigenvalue weighted by molar-refractivity contribution is -0.146. The van der Waals surface area contributed by atoms with Crippen molar-refractivity contribution in [1.82, 2.24) is 0 Å².